The second-order valence-electron chi connectivity index (χ2n) is 9.01. The molecule has 0 saturated heterocycles. The average molecular weight is 523 g/mol. The van der Waals surface area contributed by atoms with Crippen molar-refractivity contribution in [3.63, 3.8) is 0 Å². The molecule has 1 unspecified atom stereocenters. The normalized spacial score (nSPS) is 15.4. The van der Waals surface area contributed by atoms with Gasteiger partial charge in [0.25, 0.3) is 5.56 Å². The number of nitrogens with zero attached hydrogens (tertiary/aromatic N) is 2. The zero-order valence-electron chi connectivity index (χ0n) is 21.5. The molecular formula is C28H30N2O6S. The smallest absolute Gasteiger partial charge is 0.338 e. The van der Waals surface area contributed by atoms with E-state index in [-0.39, 0.29) is 23.8 Å². The van der Waals surface area contributed by atoms with Crippen LogP contribution in [0.15, 0.2) is 63.5 Å². The Kier molecular flexibility index (Phi) is 7.83. The molecule has 0 bridgehead atoms. The van der Waals surface area contributed by atoms with Gasteiger partial charge in [-0.25, -0.2) is 9.79 Å². The number of thiazole rings is 1. The molecule has 0 saturated carbocycles. The van der Waals surface area contributed by atoms with E-state index in [2.05, 4.69) is 4.99 Å². The molecule has 1 aliphatic heterocycles. The lowest BCUT2D eigenvalue weighted by Crippen LogP contribution is -2.40. The minimum absolute atomic E-state index is 0.0109. The monoisotopic (exact) mass is 522 g/mol. The van der Waals surface area contributed by atoms with Gasteiger partial charge in [-0.2, -0.15) is 0 Å². The van der Waals surface area contributed by atoms with Gasteiger partial charge in [-0.05, 0) is 61.2 Å². The second kappa shape index (κ2) is 11.0. The topological polar surface area (TPSA) is 99.4 Å². The van der Waals surface area contributed by atoms with Crippen LogP contribution in [0.5, 0.6) is 17.2 Å². The number of aromatic hydroxyl groups is 1. The highest BCUT2D eigenvalue weighted by atomic mass is 32.1. The Balaban J connectivity index is 1.88. The van der Waals surface area contributed by atoms with Crippen LogP contribution in [0.3, 0.4) is 0 Å². The molecule has 0 amide bonds. The number of benzene rings is 2. The first-order valence-corrected chi connectivity index (χ1v) is 12.8. The maximum Gasteiger partial charge on any atom is 0.338 e. The molecule has 0 spiro atoms. The van der Waals surface area contributed by atoms with Crippen LogP contribution in [0.25, 0.3) is 6.08 Å². The van der Waals surface area contributed by atoms with Gasteiger partial charge in [0.1, 0.15) is 5.75 Å². The van der Waals surface area contributed by atoms with Gasteiger partial charge in [0.2, 0.25) is 0 Å². The molecule has 0 radical (unpaired) electrons. The number of hydrogen-bond acceptors (Lipinski definition) is 8. The van der Waals surface area contributed by atoms with Gasteiger partial charge in [0, 0.05) is 0 Å². The number of fused-ring (bicyclic) bond motifs is 1. The molecule has 1 atom stereocenters. The first-order valence-electron chi connectivity index (χ1n) is 12.0. The van der Waals surface area contributed by atoms with Crippen LogP contribution in [0.1, 0.15) is 44.9 Å². The molecule has 3 aromatic rings. The third-order valence-corrected chi connectivity index (χ3v) is 6.78. The highest BCUT2D eigenvalue weighted by Gasteiger charge is 2.33. The maximum absolute atomic E-state index is 13.7. The summed E-state index contributed by atoms with van der Waals surface area (Å²) in [4.78, 5) is 32.1. The summed E-state index contributed by atoms with van der Waals surface area (Å²) >= 11 is 1.23. The van der Waals surface area contributed by atoms with E-state index in [9.17, 15) is 14.7 Å². The number of phenolic OH excluding ortho intramolecular Hbond substituents is 1. The molecular weight excluding hydrogens is 492 g/mol. The Morgan fingerprint density at radius 3 is 2.59 bits per heavy atom. The van der Waals surface area contributed by atoms with Crippen LogP contribution in [0.2, 0.25) is 0 Å². The number of carbonyl (C=O) groups is 1. The molecule has 2 heterocycles. The molecule has 1 aliphatic rings. The molecule has 37 heavy (non-hydrogen) atoms. The lowest BCUT2D eigenvalue weighted by Gasteiger charge is -2.25. The number of carbonyl (C=O) groups excluding carboxylic acids is 1. The largest absolute Gasteiger partial charge is 0.504 e. The number of ether oxygens (including phenoxy) is 3. The third-order valence-electron chi connectivity index (χ3n) is 5.80. The summed E-state index contributed by atoms with van der Waals surface area (Å²) in [7, 11) is 1.46. The van der Waals surface area contributed by atoms with Crippen LogP contribution >= 0.6 is 11.3 Å². The van der Waals surface area contributed by atoms with E-state index in [0.717, 1.165) is 5.56 Å². The number of phenols is 1. The Hall–Kier alpha value is -3.85. The van der Waals surface area contributed by atoms with Gasteiger partial charge < -0.3 is 19.3 Å². The Bertz CT molecular complexity index is 1520. The van der Waals surface area contributed by atoms with Crippen molar-refractivity contribution in [2.75, 3.05) is 20.3 Å². The minimum Gasteiger partial charge on any atom is -0.504 e. The van der Waals surface area contributed by atoms with Crippen LogP contribution in [-0.4, -0.2) is 36.0 Å². The van der Waals surface area contributed by atoms with Crippen molar-refractivity contribution < 1.29 is 24.1 Å². The molecule has 8 nitrogen and oxygen atoms in total. The number of hydrogen-bond donors (Lipinski definition) is 1. The standard InChI is InChI=1S/C28H30N2O6S/c1-6-35-20-10-8-19(9-11-20)25-24(27(33)36-15-16(2)3)17(4)29-28-30(25)26(32)23(37-28)14-18-7-12-21(31)22(13-18)34-5/h7-14,16,25,31H,6,15H2,1-5H3/b23-14-. The molecule has 1 N–H and O–H groups in total. The Morgan fingerprint density at radius 2 is 1.95 bits per heavy atom. The fourth-order valence-electron chi connectivity index (χ4n) is 4.07. The summed E-state index contributed by atoms with van der Waals surface area (Å²) < 4.78 is 18.3. The summed E-state index contributed by atoms with van der Waals surface area (Å²) in [6, 6.07) is 11.5. The van der Waals surface area contributed by atoms with Crippen molar-refractivity contribution in [1.29, 1.82) is 0 Å². The van der Waals surface area contributed by atoms with Crippen molar-refractivity contribution in [2.45, 2.75) is 33.7 Å². The Morgan fingerprint density at radius 1 is 1.22 bits per heavy atom. The quantitative estimate of drug-likeness (QED) is 0.455. The van der Waals surface area contributed by atoms with Crippen LogP contribution in [-0.2, 0) is 9.53 Å². The highest BCUT2D eigenvalue weighted by Crippen LogP contribution is 2.32. The number of allylic oxidation sites excluding steroid dienone is 1. The van der Waals surface area contributed by atoms with E-state index in [1.165, 1.54) is 24.5 Å². The first-order chi connectivity index (χ1) is 17.7. The van der Waals surface area contributed by atoms with Gasteiger partial charge >= 0.3 is 5.97 Å². The van der Waals surface area contributed by atoms with Gasteiger partial charge in [-0.1, -0.05) is 43.4 Å². The van der Waals surface area contributed by atoms with Crippen molar-refractivity contribution in [3.8, 4) is 17.2 Å². The van der Waals surface area contributed by atoms with E-state index >= 15 is 0 Å². The van der Waals surface area contributed by atoms with E-state index in [4.69, 9.17) is 14.2 Å². The van der Waals surface area contributed by atoms with Crippen LogP contribution in [0.4, 0.5) is 0 Å². The molecule has 0 aliphatic carbocycles. The fraction of sp³-hybridized carbons (Fsp3) is 0.321. The average Bonchev–Trinajstić information content (AvgIpc) is 3.17. The summed E-state index contributed by atoms with van der Waals surface area (Å²) in [5.41, 5.74) is 1.98. The van der Waals surface area contributed by atoms with Crippen molar-refractivity contribution >= 4 is 23.4 Å². The van der Waals surface area contributed by atoms with Gasteiger partial charge in [0.05, 0.1) is 42.2 Å². The van der Waals surface area contributed by atoms with Gasteiger partial charge in [-0.3, -0.25) is 9.36 Å². The number of aromatic nitrogens is 1. The van der Waals surface area contributed by atoms with Crippen LogP contribution in [0, 0.1) is 5.92 Å². The minimum atomic E-state index is -0.705. The van der Waals surface area contributed by atoms with E-state index in [1.54, 1.807) is 29.7 Å². The first kappa shape index (κ1) is 26.2. The summed E-state index contributed by atoms with van der Waals surface area (Å²) in [5.74, 6) is 0.685. The maximum atomic E-state index is 13.7. The number of esters is 1. The SMILES string of the molecule is CCOc1ccc(C2C(C(=O)OCC(C)C)=C(C)N=c3s/c(=C\c4ccc(O)c(OC)c4)c(=O)n32)cc1. The Labute approximate surface area is 218 Å². The predicted molar refractivity (Wildman–Crippen MR) is 142 cm³/mol. The molecule has 4 rings (SSSR count). The number of rotatable bonds is 8. The molecule has 2 aromatic carbocycles. The zero-order chi connectivity index (χ0) is 26.7. The zero-order valence-corrected chi connectivity index (χ0v) is 22.3. The lowest BCUT2D eigenvalue weighted by molar-refractivity contribution is -0.140. The van der Waals surface area contributed by atoms with E-state index in [1.807, 2.05) is 45.0 Å². The van der Waals surface area contributed by atoms with Crippen molar-refractivity contribution in [2.24, 2.45) is 10.9 Å². The lowest BCUT2D eigenvalue weighted by atomic mass is 9.96. The second-order valence-corrected chi connectivity index (χ2v) is 10.0. The number of methoxy groups -OCH3 is 1. The summed E-state index contributed by atoms with van der Waals surface area (Å²) in [6.45, 7) is 8.39. The molecule has 0 fully saturated rings. The van der Waals surface area contributed by atoms with Gasteiger partial charge in [-0.15, -0.1) is 0 Å². The predicted octanol–water partition coefficient (Wildman–Crippen LogP) is 3.55. The molecule has 194 valence electrons. The summed E-state index contributed by atoms with van der Waals surface area (Å²) in [5, 5.41) is 9.92. The summed E-state index contributed by atoms with van der Waals surface area (Å²) in [6.07, 6.45) is 1.72. The van der Waals surface area contributed by atoms with Gasteiger partial charge in [0.15, 0.2) is 16.3 Å². The van der Waals surface area contributed by atoms with Crippen molar-refractivity contribution in [1.82, 2.24) is 4.57 Å². The third kappa shape index (κ3) is 5.46. The fourth-order valence-corrected chi connectivity index (χ4v) is 5.11. The van der Waals surface area contributed by atoms with Crippen LogP contribution < -0.4 is 24.4 Å². The highest BCUT2D eigenvalue weighted by molar-refractivity contribution is 7.07. The van der Waals surface area contributed by atoms with E-state index in [0.29, 0.717) is 44.3 Å². The molecule has 1 aromatic heterocycles. The van der Waals surface area contributed by atoms with E-state index < -0.39 is 12.0 Å². The van der Waals surface area contributed by atoms with Crippen molar-refractivity contribution in [3.05, 3.63) is 84.5 Å². The molecule has 9 heteroatoms.